The number of esters is 1. The highest BCUT2D eigenvalue weighted by Crippen LogP contribution is 2.12. The van der Waals surface area contributed by atoms with E-state index in [4.69, 9.17) is 5.73 Å². The van der Waals surface area contributed by atoms with Gasteiger partial charge in [-0.1, -0.05) is 0 Å². The van der Waals surface area contributed by atoms with Crippen molar-refractivity contribution in [2.45, 2.75) is 26.4 Å². The summed E-state index contributed by atoms with van der Waals surface area (Å²) in [5, 5.41) is 12.5. The highest BCUT2D eigenvalue weighted by molar-refractivity contribution is 5.80. The maximum Gasteiger partial charge on any atom is 0.338 e. The average Bonchev–Trinajstić information content (AvgIpc) is 2.15. The van der Waals surface area contributed by atoms with Gasteiger partial charge in [-0.25, -0.2) is 4.79 Å². The summed E-state index contributed by atoms with van der Waals surface area (Å²) in [6, 6.07) is 0. The molecule has 6 nitrogen and oxygen atoms in total. The number of hydrogen-bond acceptors (Lipinski definition) is 5. The minimum absolute atomic E-state index is 0.00359. The first-order valence-electron chi connectivity index (χ1n) is 4.95. The molecule has 0 radical (unpaired) electrons. The third kappa shape index (κ3) is 4.16. The van der Waals surface area contributed by atoms with Gasteiger partial charge in [0.25, 0.3) is 0 Å². The van der Waals surface area contributed by atoms with E-state index in [0.29, 0.717) is 0 Å². The summed E-state index contributed by atoms with van der Waals surface area (Å²) in [6.07, 6.45) is 0. The van der Waals surface area contributed by atoms with E-state index < -0.39 is 22.9 Å². The van der Waals surface area contributed by atoms with Gasteiger partial charge in [-0.3, -0.25) is 4.79 Å². The molecule has 0 aromatic carbocycles. The number of ether oxygens (including phenoxy) is 1. The van der Waals surface area contributed by atoms with Crippen LogP contribution in [0.1, 0.15) is 20.8 Å². The van der Waals surface area contributed by atoms with E-state index in [0.717, 1.165) is 0 Å². The van der Waals surface area contributed by atoms with Gasteiger partial charge < -0.3 is 20.9 Å². The highest BCUT2D eigenvalue weighted by atomic mass is 16.5. The number of rotatable bonds is 6. The molecule has 0 saturated heterocycles. The molecule has 0 fully saturated rings. The Morgan fingerprint density at radius 1 is 1.31 bits per heavy atom. The minimum Gasteiger partial charge on any atom is -0.467 e. The van der Waals surface area contributed by atoms with Crippen LogP contribution in [-0.4, -0.2) is 42.8 Å². The number of hydrogen-bond donors (Lipinski definition) is 3. The van der Waals surface area contributed by atoms with Gasteiger partial charge in [-0.15, -0.1) is 0 Å². The second kappa shape index (κ2) is 5.27. The van der Waals surface area contributed by atoms with Crippen LogP contribution in [0.2, 0.25) is 0 Å². The smallest absolute Gasteiger partial charge is 0.338 e. The van der Waals surface area contributed by atoms with E-state index in [-0.39, 0.29) is 13.1 Å². The van der Waals surface area contributed by atoms with Crippen LogP contribution >= 0.6 is 0 Å². The van der Waals surface area contributed by atoms with E-state index in [1.165, 1.54) is 14.0 Å². The van der Waals surface area contributed by atoms with Crippen molar-refractivity contribution in [3.8, 4) is 0 Å². The summed E-state index contributed by atoms with van der Waals surface area (Å²) in [7, 11) is 1.20. The molecule has 4 N–H and O–H groups in total. The van der Waals surface area contributed by atoms with Crippen molar-refractivity contribution in [1.82, 2.24) is 5.32 Å². The molecular weight excluding hydrogens is 212 g/mol. The first kappa shape index (κ1) is 14.9. The van der Waals surface area contributed by atoms with Crippen molar-refractivity contribution in [3.05, 3.63) is 0 Å². The fraction of sp³-hybridized carbons (Fsp3) is 0.800. The number of methoxy groups -OCH3 is 1. The molecule has 0 rings (SSSR count). The molecule has 0 aliphatic heterocycles. The molecule has 1 atom stereocenters. The second-order valence-corrected chi connectivity index (χ2v) is 4.62. The molecule has 1 amide bonds. The molecule has 0 aromatic rings. The van der Waals surface area contributed by atoms with Crippen LogP contribution in [0.25, 0.3) is 0 Å². The zero-order valence-electron chi connectivity index (χ0n) is 10.2. The molecule has 16 heavy (non-hydrogen) atoms. The molecule has 1 unspecified atom stereocenters. The Morgan fingerprint density at radius 3 is 2.19 bits per heavy atom. The van der Waals surface area contributed by atoms with Gasteiger partial charge >= 0.3 is 5.97 Å². The molecule has 0 aromatic heterocycles. The number of carbonyl (C=O) groups excluding carboxylic acids is 2. The summed E-state index contributed by atoms with van der Waals surface area (Å²) in [6.45, 7) is 4.96. The zero-order valence-corrected chi connectivity index (χ0v) is 10.2. The van der Waals surface area contributed by atoms with Crippen molar-refractivity contribution in [3.63, 3.8) is 0 Å². The molecule has 94 valence electrons. The first-order chi connectivity index (χ1) is 7.13. The van der Waals surface area contributed by atoms with Crippen molar-refractivity contribution in [1.29, 1.82) is 0 Å². The monoisotopic (exact) mass is 232 g/mol. The maximum absolute atomic E-state index is 11.1. The molecule has 0 spiro atoms. The van der Waals surface area contributed by atoms with E-state index in [9.17, 15) is 14.7 Å². The summed E-state index contributed by atoms with van der Waals surface area (Å²) in [4.78, 5) is 22.1. The lowest BCUT2D eigenvalue weighted by molar-refractivity contribution is -0.160. The van der Waals surface area contributed by atoms with Crippen LogP contribution in [0.3, 0.4) is 0 Å². The fourth-order valence-electron chi connectivity index (χ4n) is 0.998. The lowest BCUT2D eigenvalue weighted by Gasteiger charge is -2.25. The highest BCUT2D eigenvalue weighted by Gasteiger charge is 2.32. The summed E-state index contributed by atoms with van der Waals surface area (Å²) in [5.41, 5.74) is 2.83. The Labute approximate surface area is 95.1 Å². The molecule has 0 aliphatic carbocycles. The van der Waals surface area contributed by atoms with Gasteiger partial charge in [0, 0.05) is 13.1 Å². The Hall–Kier alpha value is -1.14. The van der Waals surface area contributed by atoms with Crippen molar-refractivity contribution >= 4 is 11.9 Å². The zero-order chi connectivity index (χ0) is 13.0. The molecule has 0 saturated carbocycles. The Balaban J connectivity index is 4.18. The van der Waals surface area contributed by atoms with Crippen LogP contribution in [0.4, 0.5) is 0 Å². The van der Waals surface area contributed by atoms with Gasteiger partial charge in [0.05, 0.1) is 12.5 Å². The average molecular weight is 232 g/mol. The van der Waals surface area contributed by atoms with E-state index >= 15 is 0 Å². The van der Waals surface area contributed by atoms with Crippen LogP contribution < -0.4 is 11.1 Å². The predicted molar refractivity (Wildman–Crippen MR) is 58.5 cm³/mol. The fourth-order valence-corrected chi connectivity index (χ4v) is 0.998. The molecule has 0 heterocycles. The third-order valence-corrected chi connectivity index (χ3v) is 2.33. The quantitative estimate of drug-likeness (QED) is 0.510. The number of aliphatic hydroxyl groups is 1. The maximum atomic E-state index is 11.1. The Morgan fingerprint density at radius 2 is 1.81 bits per heavy atom. The van der Waals surface area contributed by atoms with Crippen LogP contribution in [0, 0.1) is 5.41 Å². The van der Waals surface area contributed by atoms with Crippen molar-refractivity contribution < 1.29 is 19.4 Å². The van der Waals surface area contributed by atoms with Gasteiger partial charge in [-0.2, -0.15) is 0 Å². The summed E-state index contributed by atoms with van der Waals surface area (Å²) < 4.78 is 4.42. The lowest BCUT2D eigenvalue weighted by atomic mass is 9.92. The lowest BCUT2D eigenvalue weighted by Crippen LogP contribution is -2.49. The SMILES string of the molecule is COC(=O)C(C)(O)CNCC(C)(C)C(N)=O. The van der Waals surface area contributed by atoms with E-state index in [1.807, 2.05) is 0 Å². The van der Waals surface area contributed by atoms with Crippen LogP contribution in [0.15, 0.2) is 0 Å². The van der Waals surface area contributed by atoms with Gasteiger partial charge in [0.1, 0.15) is 0 Å². The van der Waals surface area contributed by atoms with E-state index in [2.05, 4.69) is 10.1 Å². The number of nitrogens with two attached hydrogens (primary N) is 1. The van der Waals surface area contributed by atoms with Gasteiger partial charge in [0.2, 0.25) is 5.91 Å². The molecular formula is C10H20N2O4. The topological polar surface area (TPSA) is 102 Å². The normalized spacial score (nSPS) is 15.3. The number of primary amides is 1. The molecule has 0 aliphatic rings. The predicted octanol–water partition coefficient (Wildman–Crippen LogP) is -0.988. The largest absolute Gasteiger partial charge is 0.467 e. The van der Waals surface area contributed by atoms with Gasteiger partial charge in [0.15, 0.2) is 5.60 Å². The van der Waals surface area contributed by atoms with Crippen molar-refractivity contribution in [2.75, 3.05) is 20.2 Å². The van der Waals surface area contributed by atoms with Gasteiger partial charge in [-0.05, 0) is 20.8 Å². The summed E-state index contributed by atoms with van der Waals surface area (Å²) in [5.74, 6) is -1.17. The van der Waals surface area contributed by atoms with Crippen LogP contribution in [-0.2, 0) is 14.3 Å². The third-order valence-electron chi connectivity index (χ3n) is 2.33. The van der Waals surface area contributed by atoms with E-state index in [1.54, 1.807) is 13.8 Å². The standard InChI is InChI=1S/C10H20N2O4/c1-9(2,7(11)13)5-12-6-10(3,15)8(14)16-4/h12,15H,5-6H2,1-4H3,(H2,11,13). The number of carbonyl (C=O) groups is 2. The number of amides is 1. The second-order valence-electron chi connectivity index (χ2n) is 4.62. The number of nitrogens with one attached hydrogen (secondary N) is 1. The van der Waals surface area contributed by atoms with Crippen LogP contribution in [0.5, 0.6) is 0 Å². The molecule has 0 bridgehead atoms. The van der Waals surface area contributed by atoms with Crippen molar-refractivity contribution in [2.24, 2.45) is 11.1 Å². The Bertz CT molecular complexity index is 274. The summed E-state index contributed by atoms with van der Waals surface area (Å²) >= 11 is 0. The molecule has 6 heteroatoms. The first-order valence-corrected chi connectivity index (χ1v) is 4.95. The Kier molecular flexibility index (Phi) is 4.89. The minimum atomic E-state index is -1.61.